The number of hydrogen-bond donors (Lipinski definition) is 1. The minimum atomic E-state index is -0.515. The highest BCUT2D eigenvalue weighted by Crippen LogP contribution is 2.26. The average Bonchev–Trinajstić information content (AvgIpc) is 2.78. The van der Waals surface area contributed by atoms with Gasteiger partial charge in [0.05, 0.1) is 0 Å². The van der Waals surface area contributed by atoms with Gasteiger partial charge in [0.2, 0.25) is 0 Å². The van der Waals surface area contributed by atoms with E-state index in [1.54, 1.807) is 0 Å². The Morgan fingerprint density at radius 3 is 2.47 bits per heavy atom. The molecule has 0 spiro atoms. The summed E-state index contributed by atoms with van der Waals surface area (Å²) in [5.74, 6) is 0.784. The predicted octanol–water partition coefficient (Wildman–Crippen LogP) is 4.22. The van der Waals surface area contributed by atoms with Crippen molar-refractivity contribution in [3.8, 4) is 16.9 Å². The second-order valence-electron chi connectivity index (χ2n) is 8.19. The number of anilines is 1. The number of hydrogen-bond acceptors (Lipinski definition) is 4. The molecule has 4 rings (SSSR count). The van der Waals surface area contributed by atoms with Crippen LogP contribution in [-0.4, -0.2) is 49.9 Å². The SMILES string of the molecule is CN(C)c1ccc(-c2cccc(OCC(O)CN3CCc4ccccc4C3)c2)cc1. The smallest absolute Gasteiger partial charge is 0.120 e. The molecule has 3 aromatic rings. The summed E-state index contributed by atoms with van der Waals surface area (Å²) in [5, 5.41) is 10.5. The van der Waals surface area contributed by atoms with E-state index in [0.29, 0.717) is 13.2 Å². The van der Waals surface area contributed by atoms with Crippen LogP contribution in [-0.2, 0) is 13.0 Å². The van der Waals surface area contributed by atoms with Gasteiger partial charge in [-0.3, -0.25) is 4.90 Å². The van der Waals surface area contributed by atoms with E-state index >= 15 is 0 Å². The first-order valence-electron chi connectivity index (χ1n) is 10.6. The predicted molar refractivity (Wildman–Crippen MR) is 123 cm³/mol. The van der Waals surface area contributed by atoms with Crippen LogP contribution in [0.25, 0.3) is 11.1 Å². The second-order valence-corrected chi connectivity index (χ2v) is 8.19. The fourth-order valence-corrected chi connectivity index (χ4v) is 3.97. The Morgan fingerprint density at radius 2 is 1.70 bits per heavy atom. The number of fused-ring (bicyclic) bond motifs is 1. The summed E-state index contributed by atoms with van der Waals surface area (Å²) in [6.07, 6.45) is 0.525. The zero-order valence-corrected chi connectivity index (χ0v) is 17.8. The van der Waals surface area contributed by atoms with E-state index in [4.69, 9.17) is 4.74 Å². The molecule has 1 aliphatic heterocycles. The number of β-amino-alcohol motifs (C(OH)–C–C–N with tert-alkyl or cyclic N) is 1. The normalized spacial score (nSPS) is 14.8. The summed E-state index contributed by atoms with van der Waals surface area (Å²) in [5.41, 5.74) is 6.23. The highest BCUT2D eigenvalue weighted by molar-refractivity contribution is 5.67. The molecule has 0 radical (unpaired) electrons. The maximum Gasteiger partial charge on any atom is 0.120 e. The molecule has 0 aliphatic carbocycles. The van der Waals surface area contributed by atoms with Crippen molar-refractivity contribution in [2.45, 2.75) is 19.1 Å². The Morgan fingerprint density at radius 1 is 0.933 bits per heavy atom. The molecule has 0 aromatic heterocycles. The monoisotopic (exact) mass is 402 g/mol. The van der Waals surface area contributed by atoms with Crippen LogP contribution in [0.1, 0.15) is 11.1 Å². The summed E-state index contributed by atoms with van der Waals surface area (Å²) >= 11 is 0. The minimum Gasteiger partial charge on any atom is -0.491 e. The first-order chi connectivity index (χ1) is 14.6. The largest absolute Gasteiger partial charge is 0.491 e. The number of nitrogens with zero attached hydrogens (tertiary/aromatic N) is 2. The maximum atomic E-state index is 10.5. The third-order valence-corrected chi connectivity index (χ3v) is 5.67. The number of rotatable bonds is 7. The Hall–Kier alpha value is -2.82. The van der Waals surface area contributed by atoms with Gasteiger partial charge in [0.1, 0.15) is 18.5 Å². The lowest BCUT2D eigenvalue weighted by Gasteiger charge is -2.30. The van der Waals surface area contributed by atoms with Crippen LogP contribution in [0.15, 0.2) is 72.8 Å². The minimum absolute atomic E-state index is 0.293. The molecule has 1 aliphatic rings. The van der Waals surface area contributed by atoms with Gasteiger partial charge in [-0.2, -0.15) is 0 Å². The number of ether oxygens (including phenoxy) is 1. The highest BCUT2D eigenvalue weighted by Gasteiger charge is 2.18. The van der Waals surface area contributed by atoms with Crippen LogP contribution < -0.4 is 9.64 Å². The molecule has 156 valence electrons. The van der Waals surface area contributed by atoms with Crippen molar-refractivity contribution >= 4 is 5.69 Å². The van der Waals surface area contributed by atoms with Gasteiger partial charge in [-0.25, -0.2) is 0 Å². The van der Waals surface area contributed by atoms with Crippen LogP contribution in [0.4, 0.5) is 5.69 Å². The van der Waals surface area contributed by atoms with E-state index in [9.17, 15) is 5.11 Å². The molecule has 0 fully saturated rings. The van der Waals surface area contributed by atoms with Gasteiger partial charge < -0.3 is 14.7 Å². The van der Waals surface area contributed by atoms with Crippen LogP contribution in [0, 0.1) is 0 Å². The molecule has 4 heteroatoms. The first kappa shape index (κ1) is 20.5. The van der Waals surface area contributed by atoms with Gasteiger partial charge in [-0.05, 0) is 52.9 Å². The van der Waals surface area contributed by atoms with Crippen molar-refractivity contribution in [2.24, 2.45) is 0 Å². The van der Waals surface area contributed by atoms with Crippen molar-refractivity contribution < 1.29 is 9.84 Å². The lowest BCUT2D eigenvalue weighted by atomic mass is 10.00. The highest BCUT2D eigenvalue weighted by atomic mass is 16.5. The fraction of sp³-hybridized carbons (Fsp3) is 0.308. The zero-order valence-electron chi connectivity index (χ0n) is 17.8. The van der Waals surface area contributed by atoms with E-state index in [2.05, 4.69) is 64.4 Å². The van der Waals surface area contributed by atoms with Crippen molar-refractivity contribution in [2.75, 3.05) is 38.7 Å². The van der Waals surface area contributed by atoms with E-state index < -0.39 is 6.10 Å². The third-order valence-electron chi connectivity index (χ3n) is 5.67. The van der Waals surface area contributed by atoms with E-state index in [1.807, 2.05) is 32.3 Å². The summed E-state index contributed by atoms with van der Waals surface area (Å²) in [6, 6.07) is 25.1. The lowest BCUT2D eigenvalue weighted by molar-refractivity contribution is 0.0638. The first-order valence-corrected chi connectivity index (χ1v) is 10.6. The molecule has 3 aromatic carbocycles. The molecular formula is C26H30N2O2. The third kappa shape index (κ3) is 5.02. The Kier molecular flexibility index (Phi) is 6.36. The van der Waals surface area contributed by atoms with Gasteiger partial charge in [-0.15, -0.1) is 0 Å². The van der Waals surface area contributed by atoms with E-state index in [1.165, 1.54) is 16.8 Å². The van der Waals surface area contributed by atoms with Crippen LogP contribution in [0.5, 0.6) is 5.75 Å². The molecular weight excluding hydrogens is 372 g/mol. The van der Waals surface area contributed by atoms with Gasteiger partial charge in [-0.1, -0.05) is 48.5 Å². The molecule has 1 N–H and O–H groups in total. The Balaban J connectivity index is 1.32. The number of benzene rings is 3. The number of aliphatic hydroxyl groups excluding tert-OH is 1. The van der Waals surface area contributed by atoms with Crippen molar-refractivity contribution in [1.29, 1.82) is 0 Å². The van der Waals surface area contributed by atoms with Gasteiger partial charge in [0.15, 0.2) is 0 Å². The molecule has 0 bridgehead atoms. The lowest BCUT2D eigenvalue weighted by Crippen LogP contribution is -2.38. The quantitative estimate of drug-likeness (QED) is 0.642. The fourth-order valence-electron chi connectivity index (χ4n) is 3.97. The Bertz CT molecular complexity index is 969. The van der Waals surface area contributed by atoms with Crippen LogP contribution in [0.2, 0.25) is 0 Å². The molecule has 1 atom stereocenters. The van der Waals surface area contributed by atoms with Gasteiger partial charge in [0.25, 0.3) is 0 Å². The van der Waals surface area contributed by atoms with Gasteiger partial charge in [0, 0.05) is 39.4 Å². The van der Waals surface area contributed by atoms with E-state index in [0.717, 1.165) is 36.4 Å². The van der Waals surface area contributed by atoms with E-state index in [-0.39, 0.29) is 0 Å². The van der Waals surface area contributed by atoms with Crippen molar-refractivity contribution in [3.63, 3.8) is 0 Å². The standard InChI is InChI=1S/C26H30N2O2/c1-27(2)24-12-10-21(11-13-24)22-8-5-9-26(16-22)30-19-25(29)18-28-15-14-20-6-3-4-7-23(20)17-28/h3-13,16,25,29H,14-15,17-19H2,1-2H3. The molecule has 0 saturated heterocycles. The molecule has 30 heavy (non-hydrogen) atoms. The van der Waals surface area contributed by atoms with Crippen molar-refractivity contribution in [3.05, 3.63) is 83.9 Å². The maximum absolute atomic E-state index is 10.5. The summed E-state index contributed by atoms with van der Waals surface area (Å²) in [7, 11) is 4.08. The molecule has 1 heterocycles. The number of aliphatic hydroxyl groups is 1. The average molecular weight is 403 g/mol. The van der Waals surface area contributed by atoms with Gasteiger partial charge >= 0.3 is 0 Å². The summed E-state index contributed by atoms with van der Waals surface area (Å²) in [4.78, 5) is 4.39. The second kappa shape index (κ2) is 9.33. The topological polar surface area (TPSA) is 35.9 Å². The van der Waals surface area contributed by atoms with Crippen LogP contribution in [0.3, 0.4) is 0 Å². The van der Waals surface area contributed by atoms with Crippen molar-refractivity contribution in [1.82, 2.24) is 4.90 Å². The Labute approximate surface area is 179 Å². The molecule has 0 amide bonds. The zero-order chi connectivity index (χ0) is 20.9. The molecule has 4 nitrogen and oxygen atoms in total. The summed E-state index contributed by atoms with van der Waals surface area (Å²) < 4.78 is 5.92. The molecule has 0 saturated carbocycles. The van der Waals surface area contributed by atoms with Crippen LogP contribution >= 0.6 is 0 Å². The molecule has 1 unspecified atom stereocenters. The summed E-state index contributed by atoms with van der Waals surface area (Å²) in [6.45, 7) is 2.79.